The Balaban J connectivity index is 2.88. The third-order valence-electron chi connectivity index (χ3n) is 1.72. The van der Waals surface area contributed by atoms with Crippen LogP contribution in [0.5, 0.6) is 5.75 Å². The molecule has 0 heterocycles. The average Bonchev–Trinajstić information content (AvgIpc) is 2.19. The topological polar surface area (TPSA) is 38.3 Å². The summed E-state index contributed by atoms with van der Waals surface area (Å²) in [4.78, 5) is 11.5. The van der Waals surface area contributed by atoms with Gasteiger partial charge in [0, 0.05) is 6.54 Å². The monoisotopic (exact) mass is 192 g/mol. The van der Waals surface area contributed by atoms with Crippen LogP contribution in [0.15, 0.2) is 24.3 Å². The fourth-order valence-electron chi connectivity index (χ4n) is 1.14. The number of para-hydroxylation sites is 1. The van der Waals surface area contributed by atoms with Crippen LogP contribution < -0.4 is 10.1 Å². The zero-order valence-corrected chi connectivity index (χ0v) is 8.25. The van der Waals surface area contributed by atoms with Gasteiger partial charge in [-0.25, -0.2) is 0 Å². The van der Waals surface area contributed by atoms with Crippen molar-refractivity contribution in [3.8, 4) is 5.75 Å². The molecular weight excluding hydrogens is 178 g/mol. The van der Waals surface area contributed by atoms with Crippen LogP contribution in [0.2, 0.25) is 0 Å². The SMILES string of the molecule is [CH2]CNC(=O)c1ccccc1OCC. The third-order valence-corrected chi connectivity index (χ3v) is 1.72. The molecule has 1 rings (SSSR count). The van der Waals surface area contributed by atoms with Crippen LogP contribution in [-0.4, -0.2) is 19.1 Å². The van der Waals surface area contributed by atoms with Gasteiger partial charge in [-0.1, -0.05) is 12.1 Å². The molecule has 0 unspecified atom stereocenters. The summed E-state index contributed by atoms with van der Waals surface area (Å²) in [6.07, 6.45) is 0. The molecule has 1 amide bonds. The minimum absolute atomic E-state index is 0.149. The van der Waals surface area contributed by atoms with E-state index in [9.17, 15) is 4.79 Å². The molecule has 14 heavy (non-hydrogen) atoms. The van der Waals surface area contributed by atoms with Crippen LogP contribution in [0, 0.1) is 6.92 Å². The van der Waals surface area contributed by atoms with Gasteiger partial charge in [0.05, 0.1) is 12.2 Å². The largest absolute Gasteiger partial charge is 0.493 e. The maximum atomic E-state index is 11.5. The van der Waals surface area contributed by atoms with E-state index in [1.807, 2.05) is 13.0 Å². The second-order valence-corrected chi connectivity index (χ2v) is 2.69. The minimum Gasteiger partial charge on any atom is -0.493 e. The second-order valence-electron chi connectivity index (χ2n) is 2.69. The molecule has 0 saturated carbocycles. The van der Waals surface area contributed by atoms with Crippen LogP contribution >= 0.6 is 0 Å². The number of hydrogen-bond donors (Lipinski definition) is 1. The standard InChI is InChI=1S/C11H14NO2/c1-3-12-11(13)9-7-5-6-8-10(9)14-4-2/h5-8H,1,3-4H2,2H3,(H,12,13). The van der Waals surface area contributed by atoms with E-state index in [1.165, 1.54) is 0 Å². The summed E-state index contributed by atoms with van der Waals surface area (Å²) in [6, 6.07) is 7.16. The number of hydrogen-bond acceptors (Lipinski definition) is 2. The first kappa shape index (κ1) is 10.6. The van der Waals surface area contributed by atoms with Crippen molar-refractivity contribution in [2.45, 2.75) is 6.92 Å². The van der Waals surface area contributed by atoms with E-state index in [2.05, 4.69) is 12.2 Å². The van der Waals surface area contributed by atoms with E-state index in [1.54, 1.807) is 18.2 Å². The Labute approximate surface area is 84.1 Å². The fraction of sp³-hybridized carbons (Fsp3) is 0.273. The van der Waals surface area contributed by atoms with Gasteiger partial charge in [0.1, 0.15) is 5.75 Å². The Morgan fingerprint density at radius 2 is 2.21 bits per heavy atom. The molecule has 75 valence electrons. The van der Waals surface area contributed by atoms with E-state index >= 15 is 0 Å². The number of ether oxygens (including phenoxy) is 1. The molecule has 0 aliphatic heterocycles. The molecule has 1 radical (unpaired) electrons. The molecule has 0 atom stereocenters. The Kier molecular flexibility index (Phi) is 3.98. The summed E-state index contributed by atoms with van der Waals surface area (Å²) < 4.78 is 5.32. The summed E-state index contributed by atoms with van der Waals surface area (Å²) in [6.45, 7) is 6.36. The highest BCUT2D eigenvalue weighted by atomic mass is 16.5. The zero-order chi connectivity index (χ0) is 10.4. The van der Waals surface area contributed by atoms with Gasteiger partial charge in [-0.3, -0.25) is 4.79 Å². The van der Waals surface area contributed by atoms with Gasteiger partial charge in [0.25, 0.3) is 5.91 Å². The normalized spacial score (nSPS) is 9.57. The van der Waals surface area contributed by atoms with E-state index in [4.69, 9.17) is 4.74 Å². The van der Waals surface area contributed by atoms with Crippen LogP contribution in [0.25, 0.3) is 0 Å². The molecule has 0 spiro atoms. The molecule has 0 bridgehead atoms. The third kappa shape index (κ3) is 2.49. The quantitative estimate of drug-likeness (QED) is 0.787. The molecular formula is C11H14NO2. The van der Waals surface area contributed by atoms with E-state index in [0.717, 1.165) is 0 Å². The lowest BCUT2D eigenvalue weighted by Crippen LogP contribution is -2.23. The first-order chi connectivity index (χ1) is 6.79. The number of nitrogens with one attached hydrogen (secondary N) is 1. The first-order valence-electron chi connectivity index (χ1n) is 4.58. The van der Waals surface area contributed by atoms with Crippen molar-refractivity contribution in [2.24, 2.45) is 0 Å². The molecule has 0 fully saturated rings. The van der Waals surface area contributed by atoms with Crippen LogP contribution in [0.4, 0.5) is 0 Å². The van der Waals surface area contributed by atoms with Crippen LogP contribution in [0.3, 0.4) is 0 Å². The highest BCUT2D eigenvalue weighted by molar-refractivity contribution is 5.96. The van der Waals surface area contributed by atoms with Gasteiger partial charge < -0.3 is 10.1 Å². The summed E-state index contributed by atoms with van der Waals surface area (Å²) >= 11 is 0. The lowest BCUT2D eigenvalue weighted by atomic mass is 10.2. The smallest absolute Gasteiger partial charge is 0.255 e. The van der Waals surface area contributed by atoms with Crippen molar-refractivity contribution >= 4 is 5.91 Å². The number of carbonyl (C=O) groups excluding carboxylic acids is 1. The Morgan fingerprint density at radius 3 is 2.86 bits per heavy atom. The van der Waals surface area contributed by atoms with E-state index < -0.39 is 0 Å². The molecule has 0 saturated heterocycles. The number of rotatable bonds is 4. The highest BCUT2D eigenvalue weighted by Gasteiger charge is 2.09. The zero-order valence-electron chi connectivity index (χ0n) is 8.25. The van der Waals surface area contributed by atoms with Gasteiger partial charge in [0.15, 0.2) is 0 Å². The molecule has 1 N–H and O–H groups in total. The Morgan fingerprint density at radius 1 is 1.50 bits per heavy atom. The Bertz CT molecular complexity index is 310. The van der Waals surface area contributed by atoms with E-state index in [-0.39, 0.29) is 5.91 Å². The van der Waals surface area contributed by atoms with Crippen molar-refractivity contribution in [3.63, 3.8) is 0 Å². The summed E-state index contributed by atoms with van der Waals surface area (Å²) in [5.74, 6) is 0.463. The maximum absolute atomic E-state index is 11.5. The molecule has 0 aliphatic rings. The molecule has 3 nitrogen and oxygen atoms in total. The fourth-order valence-corrected chi connectivity index (χ4v) is 1.14. The number of benzene rings is 1. The van der Waals surface area contributed by atoms with Gasteiger partial charge in [-0.2, -0.15) is 0 Å². The number of carbonyl (C=O) groups is 1. The van der Waals surface area contributed by atoms with Gasteiger partial charge >= 0.3 is 0 Å². The average molecular weight is 192 g/mol. The molecule has 1 aromatic carbocycles. The van der Waals surface area contributed by atoms with Crippen molar-refractivity contribution in [3.05, 3.63) is 36.8 Å². The van der Waals surface area contributed by atoms with Gasteiger partial charge in [-0.05, 0) is 26.0 Å². The van der Waals surface area contributed by atoms with Gasteiger partial charge in [-0.15, -0.1) is 0 Å². The second kappa shape index (κ2) is 5.27. The first-order valence-corrected chi connectivity index (χ1v) is 4.58. The Hall–Kier alpha value is -1.51. The lowest BCUT2D eigenvalue weighted by Gasteiger charge is -2.08. The molecule has 1 aromatic rings. The van der Waals surface area contributed by atoms with Crippen molar-refractivity contribution in [1.29, 1.82) is 0 Å². The molecule has 0 aliphatic carbocycles. The minimum atomic E-state index is -0.149. The predicted molar refractivity (Wildman–Crippen MR) is 55.3 cm³/mol. The predicted octanol–water partition coefficient (Wildman–Crippen LogP) is 1.65. The molecule has 0 aromatic heterocycles. The number of amides is 1. The lowest BCUT2D eigenvalue weighted by molar-refractivity contribution is 0.0954. The molecule has 3 heteroatoms. The van der Waals surface area contributed by atoms with E-state index in [0.29, 0.717) is 24.5 Å². The summed E-state index contributed by atoms with van der Waals surface area (Å²) in [7, 11) is 0. The highest BCUT2D eigenvalue weighted by Crippen LogP contribution is 2.17. The van der Waals surface area contributed by atoms with Crippen molar-refractivity contribution < 1.29 is 9.53 Å². The summed E-state index contributed by atoms with van der Waals surface area (Å²) in [5.41, 5.74) is 0.554. The summed E-state index contributed by atoms with van der Waals surface area (Å²) in [5, 5.41) is 2.63. The maximum Gasteiger partial charge on any atom is 0.255 e. The van der Waals surface area contributed by atoms with Crippen molar-refractivity contribution in [1.82, 2.24) is 5.32 Å². The van der Waals surface area contributed by atoms with Gasteiger partial charge in [0.2, 0.25) is 0 Å². The van der Waals surface area contributed by atoms with Crippen LogP contribution in [0.1, 0.15) is 17.3 Å². The van der Waals surface area contributed by atoms with Crippen molar-refractivity contribution in [2.75, 3.05) is 13.2 Å². The van der Waals surface area contributed by atoms with Crippen LogP contribution in [-0.2, 0) is 0 Å².